The quantitative estimate of drug-likeness (QED) is 0.166. The summed E-state index contributed by atoms with van der Waals surface area (Å²) in [4.78, 5) is 15.1. The van der Waals surface area contributed by atoms with Crippen molar-refractivity contribution in [2.45, 2.75) is 0 Å². The molecule has 0 spiro atoms. The number of para-hydroxylation sites is 1. The van der Waals surface area contributed by atoms with Gasteiger partial charge in [0.05, 0.1) is 0 Å². The van der Waals surface area contributed by atoms with Crippen molar-refractivity contribution >= 4 is 21.9 Å². The molecule has 0 aliphatic rings. The Balaban J connectivity index is 1.09. The first-order valence-corrected chi connectivity index (χ1v) is 18.4. The van der Waals surface area contributed by atoms with Gasteiger partial charge >= 0.3 is 0 Å². The summed E-state index contributed by atoms with van der Waals surface area (Å²) in [5.74, 6) is 1.84. The maximum Gasteiger partial charge on any atom is 0.164 e. The summed E-state index contributed by atoms with van der Waals surface area (Å²) < 4.78 is 6.73. The third kappa shape index (κ3) is 6.16. The zero-order valence-electron chi connectivity index (χ0n) is 29.8. The van der Waals surface area contributed by atoms with Crippen LogP contribution in [0.15, 0.2) is 205 Å². The lowest BCUT2D eigenvalue weighted by molar-refractivity contribution is 0.670. The SMILES string of the molecule is c1ccc(-c2cccc(-c3cccc(-c4cccc(-c5ccc(-c6nc(-c7ccccc7)nc(-c7ccccc7)n6)c6c5oc5ccccc56)c4)c3)c2)cc1. The molecule has 258 valence electrons. The van der Waals surface area contributed by atoms with Crippen LogP contribution in [0.25, 0.3) is 101 Å². The number of furan rings is 1. The van der Waals surface area contributed by atoms with Gasteiger partial charge in [0.1, 0.15) is 11.2 Å². The van der Waals surface area contributed by atoms with E-state index in [2.05, 4.69) is 127 Å². The second kappa shape index (κ2) is 13.8. The first-order chi connectivity index (χ1) is 27.2. The number of rotatable bonds is 7. The highest BCUT2D eigenvalue weighted by Gasteiger charge is 2.21. The second-order valence-corrected chi connectivity index (χ2v) is 13.6. The highest BCUT2D eigenvalue weighted by atomic mass is 16.3. The van der Waals surface area contributed by atoms with Crippen molar-refractivity contribution in [1.29, 1.82) is 0 Å². The minimum atomic E-state index is 0.595. The fourth-order valence-corrected chi connectivity index (χ4v) is 7.42. The Bertz CT molecular complexity index is 2910. The molecule has 10 aromatic rings. The van der Waals surface area contributed by atoms with Crippen molar-refractivity contribution in [2.75, 3.05) is 0 Å². The molecular weight excluding hydrogens is 671 g/mol. The Morgan fingerprint density at radius 1 is 0.291 bits per heavy atom. The van der Waals surface area contributed by atoms with Crippen LogP contribution in [0, 0.1) is 0 Å². The van der Waals surface area contributed by atoms with Crippen LogP contribution < -0.4 is 0 Å². The predicted molar refractivity (Wildman–Crippen MR) is 225 cm³/mol. The molecule has 4 nitrogen and oxygen atoms in total. The molecule has 0 aliphatic heterocycles. The summed E-state index contributed by atoms with van der Waals surface area (Å²) in [5, 5.41) is 1.99. The largest absolute Gasteiger partial charge is 0.455 e. The van der Waals surface area contributed by atoms with Crippen LogP contribution in [-0.2, 0) is 0 Å². The molecule has 0 fully saturated rings. The molecular formula is C51H33N3O. The molecule has 0 N–H and O–H groups in total. The Morgan fingerprint density at radius 3 is 1.25 bits per heavy atom. The van der Waals surface area contributed by atoms with Gasteiger partial charge in [-0.25, -0.2) is 15.0 Å². The van der Waals surface area contributed by atoms with Crippen LogP contribution in [0.3, 0.4) is 0 Å². The normalized spacial score (nSPS) is 11.3. The molecule has 2 aromatic heterocycles. The summed E-state index contributed by atoms with van der Waals surface area (Å²) in [5.41, 5.74) is 13.5. The fourth-order valence-electron chi connectivity index (χ4n) is 7.42. The molecule has 2 heterocycles. The third-order valence-electron chi connectivity index (χ3n) is 10.1. The smallest absolute Gasteiger partial charge is 0.164 e. The van der Waals surface area contributed by atoms with Crippen LogP contribution in [0.4, 0.5) is 0 Å². The Kier molecular flexibility index (Phi) is 8.12. The maximum absolute atomic E-state index is 6.73. The highest BCUT2D eigenvalue weighted by Crippen LogP contribution is 2.42. The van der Waals surface area contributed by atoms with E-state index in [1.807, 2.05) is 72.8 Å². The molecule has 8 aromatic carbocycles. The van der Waals surface area contributed by atoms with Crippen molar-refractivity contribution in [1.82, 2.24) is 15.0 Å². The van der Waals surface area contributed by atoms with Crippen molar-refractivity contribution in [3.05, 3.63) is 200 Å². The Labute approximate surface area is 319 Å². The van der Waals surface area contributed by atoms with E-state index in [1.165, 1.54) is 22.3 Å². The van der Waals surface area contributed by atoms with E-state index in [-0.39, 0.29) is 0 Å². The van der Waals surface area contributed by atoms with Crippen LogP contribution >= 0.6 is 0 Å². The summed E-state index contributed by atoms with van der Waals surface area (Å²) in [6.07, 6.45) is 0. The lowest BCUT2D eigenvalue weighted by Crippen LogP contribution is -2.00. The number of benzene rings is 8. The molecule has 0 aliphatic carbocycles. The average molecular weight is 704 g/mol. The van der Waals surface area contributed by atoms with Crippen molar-refractivity contribution in [2.24, 2.45) is 0 Å². The first kappa shape index (κ1) is 32.2. The summed E-state index contributed by atoms with van der Waals surface area (Å²) in [6, 6.07) is 69.4. The molecule has 0 saturated heterocycles. The zero-order valence-corrected chi connectivity index (χ0v) is 29.8. The summed E-state index contributed by atoms with van der Waals surface area (Å²) in [6.45, 7) is 0. The number of aromatic nitrogens is 3. The van der Waals surface area contributed by atoms with Crippen LogP contribution in [0.1, 0.15) is 0 Å². The van der Waals surface area contributed by atoms with Gasteiger partial charge in [0.15, 0.2) is 17.5 Å². The van der Waals surface area contributed by atoms with Gasteiger partial charge in [-0.3, -0.25) is 0 Å². The van der Waals surface area contributed by atoms with E-state index < -0.39 is 0 Å². The van der Waals surface area contributed by atoms with Gasteiger partial charge in [-0.05, 0) is 75.3 Å². The zero-order chi connectivity index (χ0) is 36.6. The molecule has 4 heteroatoms. The van der Waals surface area contributed by atoms with Gasteiger partial charge in [-0.1, -0.05) is 164 Å². The van der Waals surface area contributed by atoms with E-state index in [0.29, 0.717) is 17.5 Å². The van der Waals surface area contributed by atoms with Gasteiger partial charge < -0.3 is 4.42 Å². The summed E-state index contributed by atoms with van der Waals surface area (Å²) in [7, 11) is 0. The number of fused-ring (bicyclic) bond motifs is 3. The third-order valence-corrected chi connectivity index (χ3v) is 10.1. The molecule has 0 saturated carbocycles. The molecule has 10 rings (SSSR count). The fraction of sp³-hybridized carbons (Fsp3) is 0. The van der Waals surface area contributed by atoms with Crippen molar-refractivity contribution in [3.8, 4) is 78.7 Å². The lowest BCUT2D eigenvalue weighted by Gasteiger charge is -2.12. The van der Waals surface area contributed by atoms with E-state index in [1.54, 1.807) is 0 Å². The molecule has 0 bridgehead atoms. The van der Waals surface area contributed by atoms with Gasteiger partial charge in [0.2, 0.25) is 0 Å². The van der Waals surface area contributed by atoms with Crippen molar-refractivity contribution < 1.29 is 4.42 Å². The minimum absolute atomic E-state index is 0.595. The van der Waals surface area contributed by atoms with Crippen LogP contribution in [-0.4, -0.2) is 15.0 Å². The van der Waals surface area contributed by atoms with Gasteiger partial charge in [0, 0.05) is 33.0 Å². The highest BCUT2D eigenvalue weighted by molar-refractivity contribution is 6.15. The van der Waals surface area contributed by atoms with Crippen LogP contribution in [0.2, 0.25) is 0 Å². The van der Waals surface area contributed by atoms with Crippen molar-refractivity contribution in [3.63, 3.8) is 0 Å². The van der Waals surface area contributed by atoms with E-state index in [4.69, 9.17) is 19.4 Å². The average Bonchev–Trinajstić information content (AvgIpc) is 3.67. The predicted octanol–water partition coefficient (Wildman–Crippen LogP) is 13.4. The maximum atomic E-state index is 6.73. The summed E-state index contributed by atoms with van der Waals surface area (Å²) >= 11 is 0. The topological polar surface area (TPSA) is 51.8 Å². The number of hydrogen-bond acceptors (Lipinski definition) is 4. The number of nitrogens with zero attached hydrogens (tertiary/aromatic N) is 3. The van der Waals surface area contributed by atoms with Gasteiger partial charge in [-0.15, -0.1) is 0 Å². The lowest BCUT2D eigenvalue weighted by atomic mass is 9.93. The molecule has 0 atom stereocenters. The monoisotopic (exact) mass is 703 g/mol. The Hall–Kier alpha value is -7.43. The second-order valence-electron chi connectivity index (χ2n) is 13.6. The molecule has 0 unspecified atom stereocenters. The molecule has 0 amide bonds. The number of hydrogen-bond donors (Lipinski definition) is 0. The minimum Gasteiger partial charge on any atom is -0.455 e. The first-order valence-electron chi connectivity index (χ1n) is 18.4. The van der Waals surface area contributed by atoms with Crippen LogP contribution in [0.5, 0.6) is 0 Å². The van der Waals surface area contributed by atoms with E-state index in [9.17, 15) is 0 Å². The van der Waals surface area contributed by atoms with E-state index >= 15 is 0 Å². The van der Waals surface area contributed by atoms with E-state index in [0.717, 1.165) is 60.9 Å². The molecule has 0 radical (unpaired) electrons. The van der Waals surface area contributed by atoms with Gasteiger partial charge in [-0.2, -0.15) is 0 Å². The Morgan fingerprint density at radius 2 is 0.691 bits per heavy atom. The standard InChI is InChI=1S/C51H33N3O/c1-4-15-34(16-5-1)37-21-12-22-38(31-37)39-23-13-24-40(32-39)41-25-14-26-42(33-41)43-29-30-45(47-44-27-10-11-28-46(44)55-48(43)47)51-53-49(35-17-6-2-7-18-35)52-50(54-51)36-19-8-3-9-20-36/h1-33H. The van der Waals surface area contributed by atoms with Gasteiger partial charge in [0.25, 0.3) is 0 Å². The molecule has 55 heavy (non-hydrogen) atoms.